The number of fused-ring (bicyclic) bond motifs is 1. The molecule has 184 valence electrons. The Kier molecular flexibility index (Phi) is 7.63. The number of aromatic nitrogens is 1. The van der Waals surface area contributed by atoms with Gasteiger partial charge < -0.3 is 20.1 Å². The summed E-state index contributed by atoms with van der Waals surface area (Å²) >= 11 is 0. The topological polar surface area (TPSA) is 77.9 Å². The number of nitrogens with zero attached hydrogens (tertiary/aromatic N) is 3. The van der Waals surface area contributed by atoms with Crippen LogP contribution in [0.15, 0.2) is 12.3 Å². The number of halogens is 3. The van der Waals surface area contributed by atoms with Gasteiger partial charge in [-0.05, 0) is 50.6 Å². The number of piperazine rings is 1. The largest absolute Gasteiger partial charge is 0.489 e. The molecule has 2 aliphatic heterocycles. The van der Waals surface area contributed by atoms with Crippen molar-refractivity contribution in [1.29, 1.82) is 0 Å². The van der Waals surface area contributed by atoms with E-state index in [1.807, 2.05) is 12.3 Å². The van der Waals surface area contributed by atoms with Crippen molar-refractivity contribution < 1.29 is 27.8 Å². The lowest BCUT2D eigenvalue weighted by Gasteiger charge is -2.37. The van der Waals surface area contributed by atoms with Crippen LogP contribution in [0.1, 0.15) is 44.1 Å². The molecule has 1 aromatic heterocycles. The van der Waals surface area contributed by atoms with Gasteiger partial charge in [0, 0.05) is 50.4 Å². The highest BCUT2D eigenvalue weighted by atomic mass is 19.4. The van der Waals surface area contributed by atoms with Gasteiger partial charge in [-0.1, -0.05) is 0 Å². The monoisotopic (exact) mass is 470 g/mol. The molecule has 33 heavy (non-hydrogen) atoms. The van der Waals surface area contributed by atoms with Crippen molar-refractivity contribution in [2.75, 3.05) is 44.2 Å². The minimum atomic E-state index is -4.76. The number of aliphatic hydroxyl groups is 1. The minimum Gasteiger partial charge on any atom is -0.489 e. The molecule has 2 N–H and O–H groups in total. The normalized spacial score (nSPS) is 24.8. The highest BCUT2D eigenvalue weighted by Gasteiger charge is 2.39. The first kappa shape index (κ1) is 24.1. The van der Waals surface area contributed by atoms with Crippen LogP contribution >= 0.6 is 0 Å². The number of pyridine rings is 1. The van der Waals surface area contributed by atoms with Crippen LogP contribution in [0.5, 0.6) is 5.75 Å². The number of anilines is 1. The molecule has 4 rings (SSSR count). The van der Waals surface area contributed by atoms with Crippen molar-refractivity contribution in [2.45, 2.75) is 63.3 Å². The lowest BCUT2D eigenvalue weighted by molar-refractivity contribution is -0.206. The van der Waals surface area contributed by atoms with E-state index in [1.165, 1.54) is 5.56 Å². The van der Waals surface area contributed by atoms with Crippen LogP contribution in [0.4, 0.5) is 19.0 Å². The number of ether oxygens (including phenoxy) is 1. The second-order valence-corrected chi connectivity index (χ2v) is 9.39. The number of carbonyl (C=O) groups is 1. The van der Waals surface area contributed by atoms with E-state index in [4.69, 9.17) is 9.84 Å². The molecule has 1 amide bonds. The summed E-state index contributed by atoms with van der Waals surface area (Å²) in [7, 11) is 0. The first-order chi connectivity index (χ1) is 15.8. The minimum absolute atomic E-state index is 0.0972. The average Bonchev–Trinajstić information content (AvgIpc) is 3.27. The third-order valence-corrected chi connectivity index (χ3v) is 7.08. The summed E-state index contributed by atoms with van der Waals surface area (Å²) in [5, 5.41) is 11.7. The standard InChI is InChI=1S/C23H33F3N4O3/c24-23(25,26)19(31)15-20(32)28-18-3-1-16(2-4-18)6-9-29-10-12-30(13-11-29)22-21-17(5-8-27-22)7-14-33-21/h5,8,16,18-19,31H,1-4,6-7,9-15H2,(H,28,32)/t16-,18-,19-/m1/s1. The van der Waals surface area contributed by atoms with Gasteiger partial charge in [0.05, 0.1) is 13.0 Å². The number of aliphatic hydroxyl groups excluding tert-OH is 1. The van der Waals surface area contributed by atoms with E-state index in [0.717, 1.165) is 89.4 Å². The zero-order chi connectivity index (χ0) is 23.4. The smallest absolute Gasteiger partial charge is 0.414 e. The number of amides is 1. The fourth-order valence-electron chi connectivity index (χ4n) is 5.04. The maximum Gasteiger partial charge on any atom is 0.414 e. The molecule has 3 aliphatic rings. The van der Waals surface area contributed by atoms with Crippen molar-refractivity contribution in [1.82, 2.24) is 15.2 Å². The van der Waals surface area contributed by atoms with Crippen molar-refractivity contribution in [2.24, 2.45) is 5.92 Å². The number of nitrogens with one attached hydrogen (secondary N) is 1. The molecule has 0 spiro atoms. The zero-order valence-electron chi connectivity index (χ0n) is 18.8. The quantitative estimate of drug-likeness (QED) is 0.638. The molecule has 7 nitrogen and oxygen atoms in total. The van der Waals surface area contributed by atoms with Gasteiger partial charge >= 0.3 is 6.18 Å². The zero-order valence-corrected chi connectivity index (χ0v) is 18.8. The average molecular weight is 471 g/mol. The number of hydrogen-bond donors (Lipinski definition) is 2. The second kappa shape index (κ2) is 10.5. The lowest BCUT2D eigenvalue weighted by atomic mass is 9.84. The van der Waals surface area contributed by atoms with Crippen molar-refractivity contribution >= 4 is 11.7 Å². The van der Waals surface area contributed by atoms with Gasteiger partial charge in [-0.15, -0.1) is 0 Å². The van der Waals surface area contributed by atoms with E-state index >= 15 is 0 Å². The van der Waals surface area contributed by atoms with Crippen LogP contribution in [-0.2, 0) is 11.2 Å². The van der Waals surface area contributed by atoms with E-state index in [9.17, 15) is 18.0 Å². The van der Waals surface area contributed by atoms with Gasteiger partial charge in [-0.3, -0.25) is 9.69 Å². The summed E-state index contributed by atoms with van der Waals surface area (Å²) in [6.45, 7) is 5.58. The SMILES string of the molecule is O=C(C[C@@H](O)C(F)(F)F)N[C@H]1CC[C@H](CCN2CCN(c3nccc4c3OCC4)CC2)CC1. The molecular weight excluding hydrogens is 437 g/mol. The summed E-state index contributed by atoms with van der Waals surface area (Å²) in [6.07, 6.45) is -0.897. The molecule has 0 unspecified atom stereocenters. The summed E-state index contributed by atoms with van der Waals surface area (Å²) in [5.74, 6) is 1.75. The Morgan fingerprint density at radius 2 is 1.94 bits per heavy atom. The van der Waals surface area contributed by atoms with Gasteiger partial charge in [0.15, 0.2) is 17.7 Å². The number of hydrogen-bond acceptors (Lipinski definition) is 6. The van der Waals surface area contributed by atoms with Crippen LogP contribution in [-0.4, -0.2) is 78.6 Å². The lowest BCUT2D eigenvalue weighted by Crippen LogP contribution is -2.47. The van der Waals surface area contributed by atoms with Crippen LogP contribution < -0.4 is 15.0 Å². The van der Waals surface area contributed by atoms with E-state index in [2.05, 4.69) is 20.1 Å². The van der Waals surface area contributed by atoms with Crippen LogP contribution in [0, 0.1) is 5.92 Å². The highest BCUT2D eigenvalue weighted by Crippen LogP contribution is 2.34. The molecule has 1 aromatic rings. The third kappa shape index (κ3) is 6.29. The predicted molar refractivity (Wildman–Crippen MR) is 117 cm³/mol. The van der Waals surface area contributed by atoms with E-state index < -0.39 is 24.6 Å². The molecule has 10 heteroatoms. The van der Waals surface area contributed by atoms with Crippen LogP contribution in [0.25, 0.3) is 0 Å². The summed E-state index contributed by atoms with van der Waals surface area (Å²) in [4.78, 5) is 21.1. The summed E-state index contributed by atoms with van der Waals surface area (Å²) < 4.78 is 43.0. The summed E-state index contributed by atoms with van der Waals surface area (Å²) in [5.41, 5.74) is 1.24. The number of rotatable bonds is 7. The first-order valence-corrected chi connectivity index (χ1v) is 11.9. The molecule has 0 aromatic carbocycles. The van der Waals surface area contributed by atoms with Crippen LogP contribution in [0.3, 0.4) is 0 Å². The predicted octanol–water partition coefficient (Wildman–Crippen LogP) is 2.52. The molecule has 1 saturated carbocycles. The highest BCUT2D eigenvalue weighted by molar-refractivity contribution is 5.76. The van der Waals surface area contributed by atoms with Gasteiger partial charge in [0.25, 0.3) is 0 Å². The number of alkyl halides is 3. The van der Waals surface area contributed by atoms with Crippen LogP contribution in [0.2, 0.25) is 0 Å². The molecule has 0 bridgehead atoms. The Bertz CT molecular complexity index is 807. The molecule has 3 heterocycles. The molecule has 0 radical (unpaired) electrons. The van der Waals surface area contributed by atoms with Gasteiger partial charge in [0.2, 0.25) is 5.91 Å². The summed E-state index contributed by atoms with van der Waals surface area (Å²) in [6, 6.07) is 1.94. The fourth-order valence-corrected chi connectivity index (χ4v) is 5.04. The van der Waals surface area contributed by atoms with Crippen molar-refractivity contribution in [3.8, 4) is 5.75 Å². The molecule has 1 saturated heterocycles. The Morgan fingerprint density at radius 3 is 2.64 bits per heavy atom. The molecule has 1 aliphatic carbocycles. The molecular formula is C23H33F3N4O3. The Morgan fingerprint density at radius 1 is 1.21 bits per heavy atom. The maximum atomic E-state index is 12.4. The first-order valence-electron chi connectivity index (χ1n) is 11.9. The Labute approximate surface area is 192 Å². The Hall–Kier alpha value is -2.07. The van der Waals surface area contributed by atoms with Crippen molar-refractivity contribution in [3.63, 3.8) is 0 Å². The van der Waals surface area contributed by atoms with E-state index in [-0.39, 0.29) is 6.04 Å². The van der Waals surface area contributed by atoms with E-state index in [1.54, 1.807) is 0 Å². The maximum absolute atomic E-state index is 12.4. The molecule has 1 atom stereocenters. The van der Waals surface area contributed by atoms with Gasteiger partial charge in [-0.25, -0.2) is 4.98 Å². The fraction of sp³-hybridized carbons (Fsp3) is 0.739. The van der Waals surface area contributed by atoms with Gasteiger partial charge in [-0.2, -0.15) is 13.2 Å². The second-order valence-electron chi connectivity index (χ2n) is 9.39. The van der Waals surface area contributed by atoms with E-state index in [0.29, 0.717) is 5.92 Å². The third-order valence-electron chi connectivity index (χ3n) is 7.08. The van der Waals surface area contributed by atoms with Gasteiger partial charge in [0.1, 0.15) is 0 Å². The number of carbonyl (C=O) groups excluding carboxylic acids is 1. The van der Waals surface area contributed by atoms with Crippen molar-refractivity contribution in [3.05, 3.63) is 17.8 Å². The molecule has 2 fully saturated rings. The Balaban J connectivity index is 1.13.